The number of aromatic nitrogens is 4. The molecule has 20 heavy (non-hydrogen) atoms. The molecule has 2 N–H and O–H groups in total. The third kappa shape index (κ3) is 2.44. The predicted molar refractivity (Wildman–Crippen MR) is 77.0 cm³/mol. The lowest BCUT2D eigenvalue weighted by molar-refractivity contribution is 0.191. The highest BCUT2D eigenvalue weighted by Gasteiger charge is 2.33. The number of H-pyrrole nitrogens is 1. The first-order valence-electron chi connectivity index (χ1n) is 6.50. The van der Waals surface area contributed by atoms with Crippen LogP contribution in [-0.2, 0) is 0 Å². The van der Waals surface area contributed by atoms with E-state index in [-0.39, 0.29) is 17.4 Å². The lowest BCUT2D eigenvalue weighted by Crippen LogP contribution is -2.38. The van der Waals surface area contributed by atoms with Crippen molar-refractivity contribution in [2.75, 3.05) is 32.1 Å². The van der Waals surface area contributed by atoms with Crippen molar-refractivity contribution in [2.45, 2.75) is 18.6 Å². The Hall–Kier alpha value is -1.44. The summed E-state index contributed by atoms with van der Waals surface area (Å²) >= 11 is 5.98. The maximum atomic E-state index is 9.98. The quantitative estimate of drug-likeness (QED) is 0.803. The minimum atomic E-state index is -0.351. The molecular weight excluding hydrogens is 280 g/mol. The van der Waals surface area contributed by atoms with Crippen molar-refractivity contribution >= 4 is 28.5 Å². The van der Waals surface area contributed by atoms with E-state index in [4.69, 9.17) is 11.6 Å². The van der Waals surface area contributed by atoms with Crippen molar-refractivity contribution in [3.8, 4) is 0 Å². The van der Waals surface area contributed by atoms with Crippen molar-refractivity contribution in [3.05, 3.63) is 11.5 Å². The van der Waals surface area contributed by atoms with E-state index in [0.29, 0.717) is 12.2 Å². The van der Waals surface area contributed by atoms with E-state index in [2.05, 4.69) is 30.0 Å². The van der Waals surface area contributed by atoms with Gasteiger partial charge in [0.1, 0.15) is 5.82 Å². The maximum Gasteiger partial charge on any atom is 0.226 e. The van der Waals surface area contributed by atoms with Gasteiger partial charge in [-0.25, -0.2) is 0 Å². The summed E-state index contributed by atoms with van der Waals surface area (Å²) in [5.41, 5.74) is 0.616. The number of anilines is 1. The van der Waals surface area contributed by atoms with Crippen LogP contribution in [0.2, 0.25) is 5.28 Å². The Bertz CT molecular complexity index is 615. The van der Waals surface area contributed by atoms with E-state index in [1.807, 2.05) is 14.1 Å². The Labute approximate surface area is 121 Å². The van der Waals surface area contributed by atoms with Crippen LogP contribution in [0.1, 0.15) is 6.42 Å². The normalized spacial score (nSPS) is 23.1. The zero-order valence-corrected chi connectivity index (χ0v) is 12.2. The number of aliphatic hydroxyl groups is 1. The lowest BCUT2D eigenvalue weighted by Gasteiger charge is -2.28. The van der Waals surface area contributed by atoms with Crippen LogP contribution in [0.15, 0.2) is 6.20 Å². The Morgan fingerprint density at radius 2 is 2.30 bits per heavy atom. The summed E-state index contributed by atoms with van der Waals surface area (Å²) in [6.45, 7) is 1.39. The number of likely N-dealkylation sites (N-methyl/N-ethyl adjacent to an activating group) is 1. The summed E-state index contributed by atoms with van der Waals surface area (Å²) < 4.78 is 0. The molecule has 0 aliphatic carbocycles. The van der Waals surface area contributed by atoms with Gasteiger partial charge in [0.05, 0.1) is 17.7 Å². The molecule has 2 unspecified atom stereocenters. The molecule has 0 bridgehead atoms. The van der Waals surface area contributed by atoms with Crippen LogP contribution in [0.4, 0.5) is 5.82 Å². The number of hydrogen-bond donors (Lipinski definition) is 2. The van der Waals surface area contributed by atoms with Gasteiger partial charge in [-0.1, -0.05) is 0 Å². The zero-order valence-electron chi connectivity index (χ0n) is 11.4. The smallest absolute Gasteiger partial charge is 0.226 e. The number of halogens is 1. The molecule has 0 amide bonds. The van der Waals surface area contributed by atoms with E-state index in [1.54, 1.807) is 6.20 Å². The van der Waals surface area contributed by atoms with Crippen molar-refractivity contribution in [2.24, 2.45) is 0 Å². The fraction of sp³-hybridized carbons (Fsp3) is 0.583. The molecule has 3 rings (SSSR count). The average Bonchev–Trinajstić information content (AvgIpc) is 2.94. The first kappa shape index (κ1) is 13.5. The Kier molecular flexibility index (Phi) is 3.49. The highest BCUT2D eigenvalue weighted by Crippen LogP contribution is 2.30. The van der Waals surface area contributed by atoms with Gasteiger partial charge in [-0.05, 0) is 32.1 Å². The number of hydrogen-bond acceptors (Lipinski definition) is 6. The molecule has 2 aromatic heterocycles. The molecule has 1 aliphatic rings. The predicted octanol–water partition coefficient (Wildman–Crippen LogP) is 0.507. The Morgan fingerprint density at radius 1 is 1.50 bits per heavy atom. The van der Waals surface area contributed by atoms with Crippen molar-refractivity contribution in [1.82, 2.24) is 25.1 Å². The molecule has 108 valence electrons. The van der Waals surface area contributed by atoms with Crippen LogP contribution in [-0.4, -0.2) is 69.5 Å². The molecule has 0 saturated carbocycles. The van der Waals surface area contributed by atoms with E-state index >= 15 is 0 Å². The van der Waals surface area contributed by atoms with Crippen molar-refractivity contribution in [1.29, 1.82) is 0 Å². The van der Waals surface area contributed by atoms with Gasteiger partial charge in [-0.15, -0.1) is 0 Å². The number of aliphatic hydroxyl groups excluding tert-OH is 1. The second-order valence-corrected chi connectivity index (χ2v) is 5.74. The second kappa shape index (κ2) is 5.16. The second-order valence-electron chi connectivity index (χ2n) is 5.41. The molecule has 3 heterocycles. The first-order valence-corrected chi connectivity index (χ1v) is 6.88. The van der Waals surface area contributed by atoms with Gasteiger partial charge in [0.15, 0.2) is 5.65 Å². The summed E-state index contributed by atoms with van der Waals surface area (Å²) in [4.78, 5) is 12.6. The SMILES string of the molecule is CN(C)CC1CC(O)CN1c1nc(Cl)nc2[nH]ncc12. The molecule has 8 heteroatoms. The van der Waals surface area contributed by atoms with E-state index < -0.39 is 0 Å². The van der Waals surface area contributed by atoms with Gasteiger partial charge in [-0.3, -0.25) is 5.10 Å². The van der Waals surface area contributed by atoms with Crippen LogP contribution < -0.4 is 4.90 Å². The summed E-state index contributed by atoms with van der Waals surface area (Å²) in [6.07, 6.45) is 2.06. The fourth-order valence-electron chi connectivity index (χ4n) is 2.76. The highest BCUT2D eigenvalue weighted by molar-refractivity contribution is 6.28. The molecule has 0 aromatic carbocycles. The largest absolute Gasteiger partial charge is 0.391 e. The summed E-state index contributed by atoms with van der Waals surface area (Å²) in [7, 11) is 4.03. The topological polar surface area (TPSA) is 81.2 Å². The van der Waals surface area contributed by atoms with Gasteiger partial charge in [0, 0.05) is 19.1 Å². The number of β-amino-alcohol motifs (C(OH)–C–C–N with tert-alkyl or cyclic N) is 1. The minimum Gasteiger partial charge on any atom is -0.391 e. The number of fused-ring (bicyclic) bond motifs is 1. The number of nitrogens with one attached hydrogen (secondary N) is 1. The standard InChI is InChI=1S/C12H17ClN6O/c1-18(2)5-7-3-8(20)6-19(7)11-9-4-14-17-10(9)15-12(13)16-11/h4,7-8,20H,3,5-6H2,1-2H3,(H,14,15,16,17). The van der Waals surface area contributed by atoms with Crippen molar-refractivity contribution in [3.63, 3.8) is 0 Å². The Morgan fingerprint density at radius 3 is 3.05 bits per heavy atom. The molecule has 7 nitrogen and oxygen atoms in total. The summed E-state index contributed by atoms with van der Waals surface area (Å²) in [5.74, 6) is 0.733. The van der Waals surface area contributed by atoms with Gasteiger partial charge in [0.25, 0.3) is 0 Å². The minimum absolute atomic E-state index is 0.182. The van der Waals surface area contributed by atoms with Crippen LogP contribution in [0.3, 0.4) is 0 Å². The monoisotopic (exact) mass is 296 g/mol. The maximum absolute atomic E-state index is 9.98. The van der Waals surface area contributed by atoms with Crippen molar-refractivity contribution < 1.29 is 5.11 Å². The van der Waals surface area contributed by atoms with Gasteiger partial charge < -0.3 is 14.9 Å². The molecule has 1 aliphatic heterocycles. The van der Waals surface area contributed by atoms with Crippen LogP contribution >= 0.6 is 11.6 Å². The number of nitrogens with zero attached hydrogens (tertiary/aromatic N) is 5. The van der Waals surface area contributed by atoms with E-state index in [0.717, 1.165) is 24.2 Å². The van der Waals surface area contributed by atoms with Gasteiger partial charge in [-0.2, -0.15) is 15.1 Å². The van der Waals surface area contributed by atoms with Crippen LogP contribution in [0.25, 0.3) is 11.0 Å². The average molecular weight is 297 g/mol. The first-order chi connectivity index (χ1) is 9.54. The lowest BCUT2D eigenvalue weighted by atomic mass is 10.2. The van der Waals surface area contributed by atoms with Crippen LogP contribution in [0, 0.1) is 0 Å². The summed E-state index contributed by atoms with van der Waals surface area (Å²) in [6, 6.07) is 0.198. The third-order valence-electron chi connectivity index (χ3n) is 3.50. The number of aromatic amines is 1. The van der Waals surface area contributed by atoms with Crippen LogP contribution in [0.5, 0.6) is 0 Å². The van der Waals surface area contributed by atoms with Gasteiger partial charge >= 0.3 is 0 Å². The summed E-state index contributed by atoms with van der Waals surface area (Å²) in [5, 5.41) is 17.8. The van der Waals surface area contributed by atoms with E-state index in [1.165, 1.54) is 0 Å². The molecule has 1 saturated heterocycles. The molecule has 2 atom stereocenters. The third-order valence-corrected chi connectivity index (χ3v) is 3.67. The molecule has 2 aromatic rings. The number of rotatable bonds is 3. The molecule has 1 fully saturated rings. The van der Waals surface area contributed by atoms with Gasteiger partial charge in [0.2, 0.25) is 5.28 Å². The fourth-order valence-corrected chi connectivity index (χ4v) is 2.92. The van der Waals surface area contributed by atoms with E-state index in [9.17, 15) is 5.11 Å². The highest BCUT2D eigenvalue weighted by atomic mass is 35.5. The zero-order chi connectivity index (χ0) is 14.3. The Balaban J connectivity index is 2.02. The molecule has 0 radical (unpaired) electrons. The molecular formula is C12H17ClN6O. The molecule has 0 spiro atoms.